The van der Waals surface area contributed by atoms with Crippen LogP contribution in [0.2, 0.25) is 0 Å². The standard InChI is InChI=1S/C15H21N5O/c1-3-17-13-10-14(20-15(16)19-13)18-12-7-5-4-6-11(12)8-9-21-2/h4-7,10H,3,8-9H2,1-2H3,(H4,16,17,18,19,20). The molecule has 0 aliphatic heterocycles. The van der Waals surface area contributed by atoms with Gasteiger partial charge in [0.05, 0.1) is 6.61 Å². The highest BCUT2D eigenvalue weighted by atomic mass is 16.5. The second-order valence-corrected chi connectivity index (χ2v) is 4.55. The van der Waals surface area contributed by atoms with Crippen LogP contribution in [0, 0.1) is 0 Å². The molecule has 6 nitrogen and oxygen atoms in total. The zero-order valence-corrected chi connectivity index (χ0v) is 12.4. The second kappa shape index (κ2) is 7.44. The lowest BCUT2D eigenvalue weighted by atomic mass is 10.1. The molecule has 0 amide bonds. The van der Waals surface area contributed by atoms with E-state index in [0.29, 0.717) is 18.2 Å². The van der Waals surface area contributed by atoms with Crippen LogP contribution < -0.4 is 16.4 Å². The summed E-state index contributed by atoms with van der Waals surface area (Å²) in [6.45, 7) is 3.46. The molecular formula is C15H21N5O. The van der Waals surface area contributed by atoms with Crippen molar-refractivity contribution in [2.75, 3.05) is 36.6 Å². The van der Waals surface area contributed by atoms with Gasteiger partial charge in [0.1, 0.15) is 11.6 Å². The molecule has 2 rings (SSSR count). The summed E-state index contributed by atoms with van der Waals surface area (Å²) in [4.78, 5) is 8.35. The van der Waals surface area contributed by atoms with Crippen molar-refractivity contribution in [2.45, 2.75) is 13.3 Å². The summed E-state index contributed by atoms with van der Waals surface area (Å²) in [5, 5.41) is 6.43. The summed E-state index contributed by atoms with van der Waals surface area (Å²) in [5.74, 6) is 1.62. The van der Waals surface area contributed by atoms with E-state index in [1.54, 1.807) is 7.11 Å². The minimum atomic E-state index is 0.241. The number of hydrogen-bond acceptors (Lipinski definition) is 6. The van der Waals surface area contributed by atoms with Crippen LogP contribution in [-0.4, -0.2) is 30.2 Å². The van der Waals surface area contributed by atoms with Crippen molar-refractivity contribution >= 4 is 23.3 Å². The minimum absolute atomic E-state index is 0.241. The Kier molecular flexibility index (Phi) is 5.34. The molecule has 1 aromatic carbocycles. The quantitative estimate of drug-likeness (QED) is 0.725. The average molecular weight is 287 g/mol. The van der Waals surface area contributed by atoms with Crippen molar-refractivity contribution in [3.8, 4) is 0 Å². The second-order valence-electron chi connectivity index (χ2n) is 4.55. The van der Waals surface area contributed by atoms with Crippen molar-refractivity contribution in [3.05, 3.63) is 35.9 Å². The van der Waals surface area contributed by atoms with Crippen molar-refractivity contribution in [1.29, 1.82) is 0 Å². The summed E-state index contributed by atoms with van der Waals surface area (Å²) in [6, 6.07) is 9.91. The van der Waals surface area contributed by atoms with Gasteiger partial charge < -0.3 is 21.1 Å². The smallest absolute Gasteiger partial charge is 0.223 e. The number of nitrogens with one attached hydrogen (secondary N) is 2. The largest absolute Gasteiger partial charge is 0.384 e. The first-order chi connectivity index (χ1) is 10.2. The van der Waals surface area contributed by atoms with Gasteiger partial charge >= 0.3 is 0 Å². The van der Waals surface area contributed by atoms with Crippen molar-refractivity contribution in [2.24, 2.45) is 0 Å². The number of ether oxygens (including phenoxy) is 1. The molecule has 0 unspecified atom stereocenters. The average Bonchev–Trinajstić information content (AvgIpc) is 2.46. The van der Waals surface area contributed by atoms with Crippen LogP contribution in [0.4, 0.5) is 23.3 Å². The molecule has 1 heterocycles. The van der Waals surface area contributed by atoms with E-state index in [1.165, 1.54) is 5.56 Å². The van der Waals surface area contributed by atoms with Gasteiger partial charge in [-0.25, -0.2) is 0 Å². The maximum atomic E-state index is 5.74. The van der Waals surface area contributed by atoms with Crippen LogP contribution in [0.3, 0.4) is 0 Å². The Hall–Kier alpha value is -2.34. The lowest BCUT2D eigenvalue weighted by Gasteiger charge is -2.12. The predicted octanol–water partition coefficient (Wildman–Crippen LogP) is 2.42. The monoisotopic (exact) mass is 287 g/mol. The van der Waals surface area contributed by atoms with Crippen molar-refractivity contribution < 1.29 is 4.74 Å². The number of anilines is 4. The first-order valence-corrected chi connectivity index (χ1v) is 6.95. The molecule has 0 spiro atoms. The highest BCUT2D eigenvalue weighted by molar-refractivity contribution is 5.63. The number of methoxy groups -OCH3 is 1. The Morgan fingerprint density at radius 1 is 1.19 bits per heavy atom. The number of nitrogen functional groups attached to an aromatic ring is 1. The minimum Gasteiger partial charge on any atom is -0.384 e. The highest BCUT2D eigenvalue weighted by Gasteiger charge is 2.05. The molecule has 0 saturated carbocycles. The van der Waals surface area contributed by atoms with E-state index in [0.717, 1.165) is 18.7 Å². The van der Waals surface area contributed by atoms with Gasteiger partial charge in [-0.05, 0) is 25.0 Å². The Morgan fingerprint density at radius 2 is 1.95 bits per heavy atom. The molecule has 0 aliphatic carbocycles. The molecule has 0 radical (unpaired) electrons. The van der Waals surface area contributed by atoms with Crippen molar-refractivity contribution in [3.63, 3.8) is 0 Å². The first kappa shape index (κ1) is 15.1. The van der Waals surface area contributed by atoms with E-state index in [1.807, 2.05) is 31.2 Å². The Bertz CT molecular complexity index is 588. The van der Waals surface area contributed by atoms with Gasteiger partial charge in [-0.15, -0.1) is 0 Å². The Balaban J connectivity index is 2.21. The van der Waals surface area contributed by atoms with Crippen LogP contribution in [0.25, 0.3) is 0 Å². The normalized spacial score (nSPS) is 10.4. The molecule has 0 fully saturated rings. The van der Waals surface area contributed by atoms with E-state index in [9.17, 15) is 0 Å². The van der Waals surface area contributed by atoms with Crippen molar-refractivity contribution in [1.82, 2.24) is 9.97 Å². The zero-order chi connectivity index (χ0) is 15.1. The number of rotatable bonds is 7. The lowest BCUT2D eigenvalue weighted by Crippen LogP contribution is -2.06. The van der Waals surface area contributed by atoms with E-state index in [2.05, 4.69) is 26.7 Å². The SMILES string of the molecule is CCNc1cc(Nc2ccccc2CCOC)nc(N)n1. The molecule has 6 heteroatoms. The van der Waals surface area contributed by atoms with E-state index >= 15 is 0 Å². The van der Waals surface area contributed by atoms with Crippen LogP contribution in [0.1, 0.15) is 12.5 Å². The summed E-state index contributed by atoms with van der Waals surface area (Å²) in [6.07, 6.45) is 0.834. The third-order valence-electron chi connectivity index (χ3n) is 2.96. The molecular weight excluding hydrogens is 266 g/mol. The van der Waals surface area contributed by atoms with E-state index in [4.69, 9.17) is 10.5 Å². The molecule has 0 atom stereocenters. The molecule has 0 bridgehead atoms. The van der Waals surface area contributed by atoms with E-state index < -0.39 is 0 Å². The summed E-state index contributed by atoms with van der Waals surface area (Å²) in [7, 11) is 1.70. The summed E-state index contributed by atoms with van der Waals surface area (Å²) in [5.41, 5.74) is 7.90. The maximum Gasteiger partial charge on any atom is 0.223 e. The Morgan fingerprint density at radius 3 is 2.71 bits per heavy atom. The van der Waals surface area contributed by atoms with Gasteiger partial charge in [0.2, 0.25) is 5.95 Å². The van der Waals surface area contributed by atoms with Gasteiger partial charge in [0.25, 0.3) is 0 Å². The molecule has 0 saturated heterocycles. The summed E-state index contributed by atoms with van der Waals surface area (Å²) < 4.78 is 5.14. The lowest BCUT2D eigenvalue weighted by molar-refractivity contribution is 0.202. The van der Waals surface area contributed by atoms with Crippen LogP contribution in [0.5, 0.6) is 0 Å². The van der Waals surface area contributed by atoms with Crippen LogP contribution in [0.15, 0.2) is 30.3 Å². The number of para-hydroxylation sites is 1. The topological polar surface area (TPSA) is 85.1 Å². The molecule has 112 valence electrons. The van der Waals surface area contributed by atoms with Gasteiger partial charge in [0, 0.05) is 25.4 Å². The number of benzene rings is 1. The molecule has 4 N–H and O–H groups in total. The number of aromatic nitrogens is 2. The molecule has 0 aliphatic rings. The zero-order valence-electron chi connectivity index (χ0n) is 12.4. The molecule has 2 aromatic rings. The van der Waals surface area contributed by atoms with Gasteiger partial charge in [0.15, 0.2) is 0 Å². The fourth-order valence-corrected chi connectivity index (χ4v) is 2.01. The van der Waals surface area contributed by atoms with Crippen LogP contribution >= 0.6 is 0 Å². The van der Waals surface area contributed by atoms with Gasteiger partial charge in [-0.3, -0.25) is 0 Å². The summed E-state index contributed by atoms with van der Waals surface area (Å²) >= 11 is 0. The number of nitrogens with zero attached hydrogens (tertiary/aromatic N) is 2. The Labute approximate surface area is 124 Å². The number of nitrogens with two attached hydrogens (primary N) is 1. The highest BCUT2D eigenvalue weighted by Crippen LogP contribution is 2.22. The third-order valence-corrected chi connectivity index (χ3v) is 2.96. The van der Waals surface area contributed by atoms with E-state index in [-0.39, 0.29) is 5.95 Å². The number of hydrogen-bond donors (Lipinski definition) is 3. The fraction of sp³-hybridized carbons (Fsp3) is 0.333. The van der Waals surface area contributed by atoms with Crippen LogP contribution in [-0.2, 0) is 11.2 Å². The van der Waals surface area contributed by atoms with Gasteiger partial charge in [-0.2, -0.15) is 9.97 Å². The molecule has 1 aromatic heterocycles. The third kappa shape index (κ3) is 4.32. The maximum absolute atomic E-state index is 5.74. The first-order valence-electron chi connectivity index (χ1n) is 6.95. The predicted molar refractivity (Wildman–Crippen MR) is 85.9 cm³/mol. The molecule has 21 heavy (non-hydrogen) atoms. The fourth-order valence-electron chi connectivity index (χ4n) is 2.01. The van der Waals surface area contributed by atoms with Gasteiger partial charge in [-0.1, -0.05) is 18.2 Å².